The Balaban J connectivity index is 2.21. The van der Waals surface area contributed by atoms with Crippen LogP contribution in [-0.2, 0) is 11.2 Å². The first-order chi connectivity index (χ1) is 8.15. The zero-order chi connectivity index (χ0) is 12.3. The predicted molar refractivity (Wildman–Crippen MR) is 67.1 cm³/mol. The average Bonchev–Trinajstić information content (AvgIpc) is 2.77. The van der Waals surface area contributed by atoms with E-state index in [2.05, 4.69) is 13.0 Å². The monoisotopic (exact) mass is 233 g/mol. The molecule has 0 bridgehead atoms. The number of ketones is 1. The Morgan fingerprint density at radius 2 is 2.35 bits per heavy atom. The molecule has 3 heteroatoms. The fraction of sp³-hybridized carbons (Fsp3) is 0.500. The second-order valence-electron chi connectivity index (χ2n) is 4.74. The predicted octanol–water partition coefficient (Wildman–Crippen LogP) is 1.94. The third kappa shape index (κ3) is 2.56. The molecule has 1 saturated heterocycles. The van der Waals surface area contributed by atoms with E-state index in [9.17, 15) is 4.79 Å². The summed E-state index contributed by atoms with van der Waals surface area (Å²) in [6.07, 6.45) is 2.69. The molecule has 2 N–H and O–H groups in total. The summed E-state index contributed by atoms with van der Waals surface area (Å²) in [6.45, 7) is 3.05. The zero-order valence-electron chi connectivity index (χ0n) is 10.2. The van der Waals surface area contributed by atoms with Gasteiger partial charge in [0.15, 0.2) is 5.78 Å². The highest BCUT2D eigenvalue weighted by atomic mass is 16.5. The van der Waals surface area contributed by atoms with Gasteiger partial charge >= 0.3 is 0 Å². The first-order valence-corrected chi connectivity index (χ1v) is 6.16. The van der Waals surface area contributed by atoms with E-state index in [0.717, 1.165) is 12.8 Å². The first kappa shape index (κ1) is 12.3. The van der Waals surface area contributed by atoms with Gasteiger partial charge in [-0.15, -0.1) is 0 Å². The fourth-order valence-electron chi connectivity index (χ4n) is 2.20. The maximum absolute atomic E-state index is 12.3. The minimum atomic E-state index is -0.815. The number of Topliss-reactive ketones (excluding diaryl/α,β-unsaturated/α-hetero) is 1. The van der Waals surface area contributed by atoms with Crippen LogP contribution in [0.25, 0.3) is 0 Å². The molecule has 2 rings (SSSR count). The molecule has 0 aromatic heterocycles. The molecule has 0 saturated carbocycles. The standard InChI is InChI=1S/C14H19NO2/c1-2-4-11-5-3-6-12(9-11)13(16)14(15)7-8-17-10-14/h3,5-6,9H,2,4,7-8,10,15H2,1H3. The highest BCUT2D eigenvalue weighted by Crippen LogP contribution is 2.21. The van der Waals surface area contributed by atoms with Crippen molar-refractivity contribution in [1.82, 2.24) is 0 Å². The molecule has 1 aromatic rings. The summed E-state index contributed by atoms with van der Waals surface area (Å²) in [5.41, 5.74) is 7.18. The minimum absolute atomic E-state index is 0.00736. The van der Waals surface area contributed by atoms with Crippen LogP contribution in [0.15, 0.2) is 24.3 Å². The molecular weight excluding hydrogens is 214 g/mol. The van der Waals surface area contributed by atoms with Gasteiger partial charge in [-0.2, -0.15) is 0 Å². The molecule has 0 radical (unpaired) electrons. The van der Waals surface area contributed by atoms with Gasteiger partial charge in [-0.05, 0) is 24.5 Å². The number of carbonyl (C=O) groups excluding carboxylic acids is 1. The normalized spacial score (nSPS) is 23.9. The number of hydrogen-bond acceptors (Lipinski definition) is 3. The highest BCUT2D eigenvalue weighted by Gasteiger charge is 2.38. The van der Waals surface area contributed by atoms with Crippen LogP contribution in [0.1, 0.15) is 35.7 Å². The zero-order valence-corrected chi connectivity index (χ0v) is 10.2. The van der Waals surface area contributed by atoms with Gasteiger partial charge in [-0.3, -0.25) is 4.79 Å². The van der Waals surface area contributed by atoms with E-state index in [0.29, 0.717) is 25.2 Å². The molecule has 0 spiro atoms. The van der Waals surface area contributed by atoms with Crippen molar-refractivity contribution in [2.45, 2.75) is 31.7 Å². The molecule has 0 amide bonds. The Hall–Kier alpha value is -1.19. The lowest BCUT2D eigenvalue weighted by molar-refractivity contribution is 0.0863. The van der Waals surface area contributed by atoms with Gasteiger partial charge in [-0.25, -0.2) is 0 Å². The van der Waals surface area contributed by atoms with Crippen LogP contribution < -0.4 is 5.73 Å². The van der Waals surface area contributed by atoms with Crippen molar-refractivity contribution >= 4 is 5.78 Å². The highest BCUT2D eigenvalue weighted by molar-refractivity contribution is 6.03. The van der Waals surface area contributed by atoms with E-state index in [1.165, 1.54) is 5.56 Å². The fourth-order valence-corrected chi connectivity index (χ4v) is 2.20. The summed E-state index contributed by atoms with van der Waals surface area (Å²) in [6, 6.07) is 7.78. The Morgan fingerprint density at radius 3 is 3.00 bits per heavy atom. The number of benzene rings is 1. The molecule has 3 nitrogen and oxygen atoms in total. The van der Waals surface area contributed by atoms with E-state index < -0.39 is 5.54 Å². The van der Waals surface area contributed by atoms with Gasteiger partial charge in [0.25, 0.3) is 0 Å². The van der Waals surface area contributed by atoms with E-state index in [1.54, 1.807) is 0 Å². The summed E-state index contributed by atoms with van der Waals surface area (Å²) >= 11 is 0. The van der Waals surface area contributed by atoms with Crippen molar-refractivity contribution in [3.63, 3.8) is 0 Å². The molecule has 17 heavy (non-hydrogen) atoms. The lowest BCUT2D eigenvalue weighted by Crippen LogP contribution is -2.48. The molecule has 92 valence electrons. The number of hydrogen-bond donors (Lipinski definition) is 1. The van der Waals surface area contributed by atoms with Crippen molar-refractivity contribution in [3.05, 3.63) is 35.4 Å². The van der Waals surface area contributed by atoms with E-state index in [4.69, 9.17) is 10.5 Å². The van der Waals surface area contributed by atoms with Gasteiger partial charge in [0.05, 0.1) is 6.61 Å². The molecule has 1 aliphatic rings. The minimum Gasteiger partial charge on any atom is -0.379 e. The third-order valence-corrected chi connectivity index (χ3v) is 3.23. The number of nitrogens with two attached hydrogens (primary N) is 1. The van der Waals surface area contributed by atoms with Crippen LogP contribution >= 0.6 is 0 Å². The number of ether oxygens (including phenoxy) is 1. The Labute approximate surface area is 102 Å². The Kier molecular flexibility index (Phi) is 3.60. The molecule has 1 fully saturated rings. The maximum atomic E-state index is 12.3. The van der Waals surface area contributed by atoms with E-state index in [1.807, 2.05) is 18.2 Å². The molecule has 1 aromatic carbocycles. The van der Waals surface area contributed by atoms with Crippen LogP contribution in [0.5, 0.6) is 0 Å². The topological polar surface area (TPSA) is 52.3 Å². The summed E-state index contributed by atoms with van der Waals surface area (Å²) in [7, 11) is 0. The van der Waals surface area contributed by atoms with Crippen molar-refractivity contribution < 1.29 is 9.53 Å². The molecule has 0 aliphatic carbocycles. The quantitative estimate of drug-likeness (QED) is 0.809. The number of rotatable bonds is 4. The van der Waals surface area contributed by atoms with Crippen LogP contribution in [0, 0.1) is 0 Å². The summed E-state index contributed by atoms with van der Waals surface area (Å²) in [5.74, 6) is 0.00736. The molecule has 1 aliphatic heterocycles. The van der Waals surface area contributed by atoms with Gasteiger partial charge in [-0.1, -0.05) is 31.5 Å². The van der Waals surface area contributed by atoms with Gasteiger partial charge in [0, 0.05) is 12.2 Å². The van der Waals surface area contributed by atoms with Crippen LogP contribution in [0.2, 0.25) is 0 Å². The van der Waals surface area contributed by atoms with Crippen LogP contribution in [0.4, 0.5) is 0 Å². The van der Waals surface area contributed by atoms with Crippen LogP contribution in [-0.4, -0.2) is 24.5 Å². The maximum Gasteiger partial charge on any atom is 0.185 e. The smallest absolute Gasteiger partial charge is 0.185 e. The average molecular weight is 233 g/mol. The van der Waals surface area contributed by atoms with E-state index >= 15 is 0 Å². The van der Waals surface area contributed by atoms with Crippen molar-refractivity contribution in [2.24, 2.45) is 5.73 Å². The number of carbonyl (C=O) groups is 1. The van der Waals surface area contributed by atoms with Gasteiger partial charge in [0.1, 0.15) is 5.54 Å². The van der Waals surface area contributed by atoms with Crippen LogP contribution in [0.3, 0.4) is 0 Å². The van der Waals surface area contributed by atoms with E-state index in [-0.39, 0.29) is 5.78 Å². The molecule has 1 heterocycles. The third-order valence-electron chi connectivity index (χ3n) is 3.23. The Bertz CT molecular complexity index is 408. The summed E-state index contributed by atoms with van der Waals surface area (Å²) in [4.78, 5) is 12.3. The van der Waals surface area contributed by atoms with Gasteiger partial charge in [0.2, 0.25) is 0 Å². The molecule has 1 atom stereocenters. The van der Waals surface area contributed by atoms with Gasteiger partial charge < -0.3 is 10.5 Å². The summed E-state index contributed by atoms with van der Waals surface area (Å²) < 4.78 is 5.23. The second kappa shape index (κ2) is 4.98. The van der Waals surface area contributed by atoms with Crippen molar-refractivity contribution in [2.75, 3.05) is 13.2 Å². The Morgan fingerprint density at radius 1 is 1.53 bits per heavy atom. The number of aryl methyl sites for hydroxylation is 1. The van der Waals surface area contributed by atoms with Crippen molar-refractivity contribution in [3.8, 4) is 0 Å². The largest absolute Gasteiger partial charge is 0.379 e. The van der Waals surface area contributed by atoms with Crippen molar-refractivity contribution in [1.29, 1.82) is 0 Å². The lowest BCUT2D eigenvalue weighted by Gasteiger charge is -2.20. The second-order valence-corrected chi connectivity index (χ2v) is 4.74. The lowest BCUT2D eigenvalue weighted by atomic mass is 9.89. The molecule has 1 unspecified atom stereocenters. The first-order valence-electron chi connectivity index (χ1n) is 6.16. The molecular formula is C14H19NO2. The SMILES string of the molecule is CCCc1cccc(C(=O)C2(N)CCOC2)c1. The summed E-state index contributed by atoms with van der Waals surface area (Å²) in [5, 5.41) is 0.